The van der Waals surface area contributed by atoms with E-state index in [0.717, 1.165) is 18.8 Å². The Bertz CT molecular complexity index is 567. The molecule has 92 valence electrons. The molecule has 2 aromatic rings. The predicted octanol–water partition coefficient (Wildman–Crippen LogP) is 4.22. The number of benzene rings is 2. The molecule has 0 bridgehead atoms. The second-order valence-electron chi connectivity index (χ2n) is 4.79. The fraction of sp³-hybridized carbons (Fsp3) is 0.312. The van der Waals surface area contributed by atoms with Crippen LogP contribution in [0.4, 0.5) is 5.69 Å². The van der Waals surface area contributed by atoms with Crippen molar-refractivity contribution < 1.29 is 0 Å². The molecule has 2 aromatic carbocycles. The maximum absolute atomic E-state index is 4.63. The van der Waals surface area contributed by atoms with Crippen LogP contribution < -0.4 is 5.32 Å². The fourth-order valence-electron chi connectivity index (χ4n) is 2.47. The topological polar surface area (TPSA) is 24.4 Å². The molecule has 18 heavy (non-hydrogen) atoms. The number of nitrogens with one attached hydrogen (secondary N) is 1. The van der Waals surface area contributed by atoms with E-state index in [1.165, 1.54) is 35.7 Å². The minimum absolute atomic E-state index is 0.965. The molecule has 0 saturated heterocycles. The molecule has 0 fully saturated rings. The number of aliphatic imine (C=N–C) groups is 1. The van der Waals surface area contributed by atoms with Crippen LogP contribution in [0.25, 0.3) is 10.8 Å². The number of nitrogens with zero attached hydrogens (tertiary/aromatic N) is 1. The second kappa shape index (κ2) is 5.21. The van der Waals surface area contributed by atoms with Gasteiger partial charge in [-0.25, -0.2) is 0 Å². The Kier molecular flexibility index (Phi) is 3.26. The van der Waals surface area contributed by atoms with Gasteiger partial charge in [0.25, 0.3) is 0 Å². The third-order valence-electron chi connectivity index (χ3n) is 3.44. The standard InChI is InChI=1S/C16H18N2/c1-2-11-16(17-12-5-1)18-15-10-6-8-13-7-3-4-9-14(13)15/h3-4,6-10H,1-2,5,11-12H2,(H,17,18). The van der Waals surface area contributed by atoms with Gasteiger partial charge in [-0.15, -0.1) is 0 Å². The highest BCUT2D eigenvalue weighted by Crippen LogP contribution is 2.23. The van der Waals surface area contributed by atoms with Gasteiger partial charge in [0, 0.05) is 24.0 Å². The summed E-state index contributed by atoms with van der Waals surface area (Å²) in [6.07, 6.45) is 4.84. The van der Waals surface area contributed by atoms with Crippen molar-refractivity contribution in [3.8, 4) is 0 Å². The second-order valence-corrected chi connectivity index (χ2v) is 4.79. The van der Waals surface area contributed by atoms with Gasteiger partial charge in [0.15, 0.2) is 0 Å². The molecular weight excluding hydrogens is 220 g/mol. The van der Waals surface area contributed by atoms with Crippen LogP contribution in [0.2, 0.25) is 0 Å². The van der Waals surface area contributed by atoms with E-state index < -0.39 is 0 Å². The molecule has 0 aromatic heterocycles. The monoisotopic (exact) mass is 238 g/mol. The van der Waals surface area contributed by atoms with Crippen LogP contribution in [0.15, 0.2) is 47.5 Å². The summed E-state index contributed by atoms with van der Waals surface area (Å²) in [5.74, 6) is 1.14. The Morgan fingerprint density at radius 3 is 2.78 bits per heavy atom. The van der Waals surface area contributed by atoms with E-state index in [2.05, 4.69) is 52.8 Å². The van der Waals surface area contributed by atoms with Gasteiger partial charge in [-0.3, -0.25) is 4.99 Å². The highest BCUT2D eigenvalue weighted by molar-refractivity contribution is 6.04. The molecule has 0 atom stereocenters. The number of fused-ring (bicyclic) bond motifs is 1. The van der Waals surface area contributed by atoms with E-state index in [1.807, 2.05) is 0 Å². The Hall–Kier alpha value is -1.83. The first-order valence-electron chi connectivity index (χ1n) is 6.71. The van der Waals surface area contributed by atoms with E-state index in [-0.39, 0.29) is 0 Å². The van der Waals surface area contributed by atoms with Gasteiger partial charge in [-0.1, -0.05) is 42.8 Å². The molecule has 0 spiro atoms. The number of rotatable bonds is 1. The van der Waals surface area contributed by atoms with Crippen molar-refractivity contribution in [3.05, 3.63) is 42.5 Å². The highest BCUT2D eigenvalue weighted by atomic mass is 15.0. The fourth-order valence-corrected chi connectivity index (χ4v) is 2.47. The van der Waals surface area contributed by atoms with Crippen LogP contribution in [0.1, 0.15) is 25.7 Å². The number of hydrogen-bond acceptors (Lipinski definition) is 2. The summed E-state index contributed by atoms with van der Waals surface area (Å²) in [6, 6.07) is 14.9. The number of amidine groups is 1. The van der Waals surface area contributed by atoms with Crippen LogP contribution in [-0.4, -0.2) is 12.4 Å². The van der Waals surface area contributed by atoms with E-state index in [0.29, 0.717) is 0 Å². The van der Waals surface area contributed by atoms with Gasteiger partial charge in [0.05, 0.1) is 0 Å². The molecule has 2 nitrogen and oxygen atoms in total. The molecule has 0 amide bonds. The first-order chi connectivity index (χ1) is 8.93. The minimum atomic E-state index is 0.965. The lowest BCUT2D eigenvalue weighted by Crippen LogP contribution is -2.11. The molecule has 2 heteroatoms. The van der Waals surface area contributed by atoms with E-state index in [4.69, 9.17) is 0 Å². The van der Waals surface area contributed by atoms with E-state index in [9.17, 15) is 0 Å². The Balaban J connectivity index is 1.92. The molecule has 0 aliphatic carbocycles. The van der Waals surface area contributed by atoms with Crippen LogP contribution in [-0.2, 0) is 0 Å². The van der Waals surface area contributed by atoms with Crippen LogP contribution >= 0.6 is 0 Å². The first kappa shape index (κ1) is 11.3. The maximum atomic E-state index is 4.63. The molecule has 0 radical (unpaired) electrons. The number of anilines is 1. The van der Waals surface area contributed by atoms with Crippen molar-refractivity contribution in [1.29, 1.82) is 0 Å². The Morgan fingerprint density at radius 1 is 0.889 bits per heavy atom. The van der Waals surface area contributed by atoms with E-state index >= 15 is 0 Å². The number of hydrogen-bond donors (Lipinski definition) is 1. The molecular formula is C16H18N2. The van der Waals surface area contributed by atoms with Gasteiger partial charge >= 0.3 is 0 Å². The third kappa shape index (κ3) is 2.37. The van der Waals surface area contributed by atoms with Crippen molar-refractivity contribution in [2.45, 2.75) is 25.7 Å². The summed E-state index contributed by atoms with van der Waals surface area (Å²) < 4.78 is 0. The Morgan fingerprint density at radius 2 is 1.78 bits per heavy atom. The van der Waals surface area contributed by atoms with Crippen LogP contribution in [0.3, 0.4) is 0 Å². The SMILES string of the molecule is c1ccc2c(NC3=NCCCCC3)cccc2c1. The van der Waals surface area contributed by atoms with Gasteiger partial charge in [-0.2, -0.15) is 0 Å². The normalized spacial score (nSPS) is 16.1. The van der Waals surface area contributed by atoms with Crippen molar-refractivity contribution in [1.82, 2.24) is 0 Å². The zero-order valence-corrected chi connectivity index (χ0v) is 10.5. The Labute approximate surface area is 108 Å². The van der Waals surface area contributed by atoms with Crippen molar-refractivity contribution in [3.63, 3.8) is 0 Å². The van der Waals surface area contributed by atoms with Crippen LogP contribution in [0.5, 0.6) is 0 Å². The summed E-state index contributed by atoms with van der Waals surface area (Å²) in [7, 11) is 0. The summed E-state index contributed by atoms with van der Waals surface area (Å²) in [6.45, 7) is 0.965. The average molecular weight is 238 g/mol. The lowest BCUT2D eigenvalue weighted by molar-refractivity contribution is 0.731. The predicted molar refractivity (Wildman–Crippen MR) is 78.3 cm³/mol. The molecule has 0 saturated carbocycles. The molecule has 1 aliphatic heterocycles. The van der Waals surface area contributed by atoms with Crippen molar-refractivity contribution in [2.24, 2.45) is 4.99 Å². The molecule has 3 rings (SSSR count). The first-order valence-corrected chi connectivity index (χ1v) is 6.71. The van der Waals surface area contributed by atoms with Crippen LogP contribution in [0, 0.1) is 0 Å². The zero-order chi connectivity index (χ0) is 12.2. The third-order valence-corrected chi connectivity index (χ3v) is 3.44. The van der Waals surface area contributed by atoms with Crippen molar-refractivity contribution >= 4 is 22.3 Å². The summed E-state index contributed by atoms with van der Waals surface area (Å²) in [5, 5.41) is 6.06. The van der Waals surface area contributed by atoms with Crippen molar-refractivity contribution in [2.75, 3.05) is 11.9 Å². The average Bonchev–Trinajstić information content (AvgIpc) is 2.68. The summed E-state index contributed by atoms with van der Waals surface area (Å²) >= 11 is 0. The lowest BCUT2D eigenvalue weighted by Gasteiger charge is -2.11. The van der Waals surface area contributed by atoms with E-state index in [1.54, 1.807) is 0 Å². The maximum Gasteiger partial charge on any atom is 0.101 e. The smallest absolute Gasteiger partial charge is 0.101 e. The van der Waals surface area contributed by atoms with Gasteiger partial charge < -0.3 is 5.32 Å². The molecule has 1 aliphatic rings. The highest BCUT2D eigenvalue weighted by Gasteiger charge is 2.06. The quantitative estimate of drug-likeness (QED) is 0.790. The summed E-state index contributed by atoms with van der Waals surface area (Å²) in [5.41, 5.74) is 1.17. The minimum Gasteiger partial charge on any atom is -0.344 e. The lowest BCUT2D eigenvalue weighted by atomic mass is 10.1. The largest absolute Gasteiger partial charge is 0.344 e. The molecule has 1 heterocycles. The van der Waals surface area contributed by atoms with Gasteiger partial charge in [-0.05, 0) is 24.3 Å². The van der Waals surface area contributed by atoms with Gasteiger partial charge in [0.2, 0.25) is 0 Å². The zero-order valence-electron chi connectivity index (χ0n) is 10.5. The summed E-state index contributed by atoms with van der Waals surface area (Å²) in [4.78, 5) is 4.63. The van der Waals surface area contributed by atoms with Gasteiger partial charge in [0.1, 0.15) is 5.84 Å². The molecule has 1 N–H and O–H groups in total. The molecule has 0 unspecified atom stereocenters.